The Labute approximate surface area is 204 Å². The number of benzene rings is 2. The van der Waals surface area contributed by atoms with E-state index in [4.69, 9.17) is 21.1 Å². The first kappa shape index (κ1) is 25.6. The minimum Gasteiger partial charge on any atom is -0.454 e. The van der Waals surface area contributed by atoms with Crippen molar-refractivity contribution in [2.45, 2.75) is 32.9 Å². The van der Waals surface area contributed by atoms with Crippen LogP contribution in [0.1, 0.15) is 25.8 Å². The number of carbonyl (C=O) groups excluding carboxylic acids is 2. The van der Waals surface area contributed by atoms with E-state index in [1.54, 1.807) is 43.3 Å². The van der Waals surface area contributed by atoms with Gasteiger partial charge < -0.3 is 19.7 Å². The van der Waals surface area contributed by atoms with Crippen LogP contribution in [0.3, 0.4) is 0 Å². The molecule has 1 aliphatic heterocycles. The topological polar surface area (TPSA) is 105 Å². The summed E-state index contributed by atoms with van der Waals surface area (Å²) in [7, 11) is -3.83. The number of sulfonamides is 1. The summed E-state index contributed by atoms with van der Waals surface area (Å²) in [6, 6.07) is 10.7. The Balaban J connectivity index is 1.89. The van der Waals surface area contributed by atoms with Crippen molar-refractivity contribution in [2.75, 3.05) is 30.4 Å². The molecule has 0 spiro atoms. The molecule has 2 aromatic carbocycles. The molecule has 0 aliphatic carbocycles. The van der Waals surface area contributed by atoms with Crippen LogP contribution in [0, 0.1) is 0 Å². The summed E-state index contributed by atoms with van der Waals surface area (Å²) in [5.41, 5.74) is 1.01. The molecule has 0 saturated heterocycles. The quantitative estimate of drug-likeness (QED) is 0.528. The van der Waals surface area contributed by atoms with E-state index in [1.807, 2.05) is 6.92 Å². The van der Waals surface area contributed by atoms with Gasteiger partial charge in [-0.3, -0.25) is 13.9 Å². The average Bonchev–Trinajstić information content (AvgIpc) is 3.27. The Kier molecular flexibility index (Phi) is 8.27. The van der Waals surface area contributed by atoms with E-state index in [9.17, 15) is 18.0 Å². The molecule has 0 bridgehead atoms. The van der Waals surface area contributed by atoms with Crippen molar-refractivity contribution >= 4 is 39.1 Å². The lowest BCUT2D eigenvalue weighted by molar-refractivity contribution is -0.139. The predicted molar refractivity (Wildman–Crippen MR) is 130 cm³/mol. The fourth-order valence-electron chi connectivity index (χ4n) is 3.42. The Morgan fingerprint density at radius 3 is 2.44 bits per heavy atom. The zero-order valence-electron chi connectivity index (χ0n) is 19.3. The zero-order valence-corrected chi connectivity index (χ0v) is 20.9. The van der Waals surface area contributed by atoms with Crippen molar-refractivity contribution in [1.29, 1.82) is 0 Å². The molecule has 0 radical (unpaired) electrons. The minimum absolute atomic E-state index is 0.0375. The van der Waals surface area contributed by atoms with Gasteiger partial charge in [-0.25, -0.2) is 8.42 Å². The first-order valence-corrected chi connectivity index (χ1v) is 13.0. The van der Waals surface area contributed by atoms with Crippen molar-refractivity contribution in [1.82, 2.24) is 10.2 Å². The maximum Gasteiger partial charge on any atom is 0.244 e. The van der Waals surface area contributed by atoms with Gasteiger partial charge >= 0.3 is 0 Å². The maximum atomic E-state index is 13.5. The van der Waals surface area contributed by atoms with E-state index < -0.39 is 28.5 Å². The lowest BCUT2D eigenvalue weighted by atomic mass is 10.1. The van der Waals surface area contributed by atoms with Gasteiger partial charge in [-0.2, -0.15) is 0 Å². The standard InChI is InChI=1S/C23H28ClN3O6S/c1-4-11-25-23(29)16(2)26(13-17-5-7-18(24)8-6-17)22(28)14-27(34(3,30)31)19-9-10-20-21(12-19)33-15-32-20/h5-10,12,16H,4,11,13-15H2,1-3H3,(H,25,29)/t16-/m1/s1. The van der Waals surface area contributed by atoms with E-state index >= 15 is 0 Å². The number of nitrogens with zero attached hydrogens (tertiary/aromatic N) is 2. The van der Waals surface area contributed by atoms with Crippen molar-refractivity contribution in [3.05, 3.63) is 53.1 Å². The molecule has 2 amide bonds. The van der Waals surface area contributed by atoms with Crippen LogP contribution in [0.15, 0.2) is 42.5 Å². The number of anilines is 1. The lowest BCUT2D eigenvalue weighted by Crippen LogP contribution is -2.51. The molecule has 0 saturated carbocycles. The second-order valence-electron chi connectivity index (χ2n) is 7.92. The molecule has 1 N–H and O–H groups in total. The van der Waals surface area contributed by atoms with Crippen LogP contribution in [-0.2, 0) is 26.2 Å². The van der Waals surface area contributed by atoms with Crippen LogP contribution >= 0.6 is 11.6 Å². The zero-order chi connectivity index (χ0) is 24.9. The highest BCUT2D eigenvalue weighted by atomic mass is 35.5. The first-order chi connectivity index (χ1) is 16.1. The summed E-state index contributed by atoms with van der Waals surface area (Å²) in [5.74, 6) is 0.0355. The minimum atomic E-state index is -3.83. The molecule has 11 heteroatoms. The number of hydrogen-bond acceptors (Lipinski definition) is 6. The van der Waals surface area contributed by atoms with Gasteiger partial charge in [0.25, 0.3) is 0 Å². The third-order valence-corrected chi connectivity index (χ3v) is 6.70. The molecule has 3 rings (SSSR count). The monoisotopic (exact) mass is 509 g/mol. The Bertz CT molecular complexity index is 1140. The fraction of sp³-hybridized carbons (Fsp3) is 0.391. The third-order valence-electron chi connectivity index (χ3n) is 5.31. The van der Waals surface area contributed by atoms with E-state index in [0.29, 0.717) is 23.1 Å². The van der Waals surface area contributed by atoms with E-state index in [2.05, 4.69) is 5.32 Å². The van der Waals surface area contributed by atoms with Gasteiger partial charge in [0.2, 0.25) is 28.6 Å². The molecule has 0 fully saturated rings. The Hall–Kier alpha value is -2.98. The van der Waals surface area contributed by atoms with E-state index in [1.165, 1.54) is 11.0 Å². The van der Waals surface area contributed by atoms with Gasteiger partial charge in [0.05, 0.1) is 11.9 Å². The molecule has 34 heavy (non-hydrogen) atoms. The van der Waals surface area contributed by atoms with Gasteiger partial charge in [-0.15, -0.1) is 0 Å². The fourth-order valence-corrected chi connectivity index (χ4v) is 4.39. The molecule has 0 aromatic heterocycles. The highest BCUT2D eigenvalue weighted by molar-refractivity contribution is 7.92. The maximum absolute atomic E-state index is 13.5. The highest BCUT2D eigenvalue weighted by Crippen LogP contribution is 2.36. The Morgan fingerprint density at radius 2 is 1.79 bits per heavy atom. The van der Waals surface area contributed by atoms with Gasteiger partial charge in [0, 0.05) is 24.2 Å². The number of nitrogens with one attached hydrogen (secondary N) is 1. The normalized spacial score (nSPS) is 13.3. The Morgan fingerprint density at radius 1 is 1.12 bits per heavy atom. The summed E-state index contributed by atoms with van der Waals surface area (Å²) < 4.78 is 36.9. The second-order valence-corrected chi connectivity index (χ2v) is 10.3. The van der Waals surface area contributed by atoms with Gasteiger partial charge in [0.1, 0.15) is 12.6 Å². The molecule has 0 unspecified atom stereocenters. The number of rotatable bonds is 10. The predicted octanol–water partition coefficient (Wildman–Crippen LogP) is 2.78. The second kappa shape index (κ2) is 11.0. The van der Waals surface area contributed by atoms with Crippen LogP contribution in [0.25, 0.3) is 0 Å². The molecule has 1 aliphatic rings. The van der Waals surface area contributed by atoms with Crippen molar-refractivity contribution in [3.8, 4) is 11.5 Å². The largest absolute Gasteiger partial charge is 0.454 e. The number of amides is 2. The smallest absolute Gasteiger partial charge is 0.244 e. The highest BCUT2D eigenvalue weighted by Gasteiger charge is 2.30. The van der Waals surface area contributed by atoms with Gasteiger partial charge in [-0.1, -0.05) is 30.7 Å². The van der Waals surface area contributed by atoms with Gasteiger partial charge in [0.15, 0.2) is 11.5 Å². The summed E-state index contributed by atoms with van der Waals surface area (Å²) in [5, 5.41) is 3.33. The van der Waals surface area contributed by atoms with Gasteiger partial charge in [-0.05, 0) is 43.2 Å². The number of carbonyl (C=O) groups is 2. The number of halogens is 1. The van der Waals surface area contributed by atoms with Crippen molar-refractivity contribution in [3.63, 3.8) is 0 Å². The van der Waals surface area contributed by atoms with Crippen LogP contribution in [0.2, 0.25) is 5.02 Å². The van der Waals surface area contributed by atoms with Crippen molar-refractivity contribution in [2.24, 2.45) is 0 Å². The molecule has 184 valence electrons. The van der Waals surface area contributed by atoms with Crippen LogP contribution in [0.5, 0.6) is 11.5 Å². The average molecular weight is 510 g/mol. The lowest BCUT2D eigenvalue weighted by Gasteiger charge is -2.31. The van der Waals surface area contributed by atoms with Crippen LogP contribution in [-0.4, -0.2) is 57.3 Å². The molecular weight excluding hydrogens is 482 g/mol. The van der Waals surface area contributed by atoms with E-state index in [-0.39, 0.29) is 24.9 Å². The molecule has 1 atom stereocenters. The number of hydrogen-bond donors (Lipinski definition) is 1. The van der Waals surface area contributed by atoms with Crippen molar-refractivity contribution < 1.29 is 27.5 Å². The summed E-state index contributed by atoms with van der Waals surface area (Å²) in [6.07, 6.45) is 1.77. The summed E-state index contributed by atoms with van der Waals surface area (Å²) >= 11 is 5.97. The molecule has 2 aromatic rings. The number of ether oxygens (including phenoxy) is 2. The SMILES string of the molecule is CCCNC(=O)[C@@H](C)N(Cc1ccc(Cl)cc1)C(=O)CN(c1ccc2c(c1)OCO2)S(C)(=O)=O. The number of fused-ring (bicyclic) bond motifs is 1. The van der Waals surface area contributed by atoms with Crippen LogP contribution < -0.4 is 19.1 Å². The molecule has 1 heterocycles. The summed E-state index contributed by atoms with van der Waals surface area (Å²) in [4.78, 5) is 27.5. The molecule has 9 nitrogen and oxygen atoms in total. The first-order valence-electron chi connectivity index (χ1n) is 10.8. The van der Waals surface area contributed by atoms with Crippen LogP contribution in [0.4, 0.5) is 5.69 Å². The summed E-state index contributed by atoms with van der Waals surface area (Å²) in [6.45, 7) is 3.67. The molecular formula is C23H28ClN3O6S. The third kappa shape index (κ3) is 6.32. The van der Waals surface area contributed by atoms with E-state index in [0.717, 1.165) is 22.5 Å².